The topological polar surface area (TPSA) is 53.1 Å². The Balaban J connectivity index is 2.46. The largest absolute Gasteiger partial charge is 0.490 e. The molecule has 0 saturated carbocycles. The number of hydrogen-bond donors (Lipinski definition) is 1. The van der Waals surface area contributed by atoms with E-state index in [0.717, 1.165) is 16.8 Å². The fraction of sp³-hybridized carbons (Fsp3) is 0.300. The van der Waals surface area contributed by atoms with Crippen molar-refractivity contribution in [2.45, 2.75) is 0 Å². The number of benzene rings is 1. The molecule has 2 aromatic rings. The monoisotopic (exact) mass is 191 g/mol. The summed E-state index contributed by atoms with van der Waals surface area (Å²) in [5, 5.41) is 0. The molecule has 0 atom stereocenters. The first-order valence-corrected chi connectivity index (χ1v) is 4.56. The maximum Gasteiger partial charge on any atom is 0.145 e. The molecule has 1 aromatic carbocycles. The molecule has 0 aliphatic rings. The predicted octanol–water partition coefficient (Wildman–Crippen LogP) is 0.911. The van der Waals surface area contributed by atoms with Crippen LogP contribution >= 0.6 is 0 Å². The van der Waals surface area contributed by atoms with E-state index in [1.54, 1.807) is 6.33 Å². The van der Waals surface area contributed by atoms with Crippen LogP contribution in [0.2, 0.25) is 0 Å². The first-order chi connectivity index (χ1) is 6.83. The minimum Gasteiger partial charge on any atom is -0.490 e. The van der Waals surface area contributed by atoms with Crippen LogP contribution in [0.4, 0.5) is 0 Å². The second-order valence-corrected chi connectivity index (χ2v) is 3.12. The molecule has 2 N–H and O–H groups in total. The third kappa shape index (κ3) is 1.44. The Morgan fingerprint density at radius 1 is 1.50 bits per heavy atom. The molecule has 4 nitrogen and oxygen atoms in total. The molecule has 0 unspecified atom stereocenters. The second-order valence-electron chi connectivity index (χ2n) is 3.12. The average molecular weight is 191 g/mol. The fourth-order valence-electron chi connectivity index (χ4n) is 1.46. The maximum absolute atomic E-state index is 5.52. The number of hydrogen-bond acceptors (Lipinski definition) is 3. The van der Waals surface area contributed by atoms with Crippen molar-refractivity contribution < 1.29 is 4.74 Å². The van der Waals surface area contributed by atoms with Crippen molar-refractivity contribution in [3.8, 4) is 5.75 Å². The molecule has 2 rings (SSSR count). The van der Waals surface area contributed by atoms with E-state index >= 15 is 0 Å². The van der Waals surface area contributed by atoms with Gasteiger partial charge in [-0.15, -0.1) is 0 Å². The third-order valence-electron chi connectivity index (χ3n) is 2.08. The fourth-order valence-corrected chi connectivity index (χ4v) is 1.46. The Morgan fingerprint density at radius 3 is 3.14 bits per heavy atom. The van der Waals surface area contributed by atoms with Gasteiger partial charge in [0.05, 0.1) is 11.8 Å². The highest BCUT2D eigenvalue weighted by Gasteiger charge is 2.05. The van der Waals surface area contributed by atoms with Crippen molar-refractivity contribution in [3.63, 3.8) is 0 Å². The van der Waals surface area contributed by atoms with Crippen LogP contribution in [-0.2, 0) is 7.05 Å². The molecule has 0 radical (unpaired) electrons. The van der Waals surface area contributed by atoms with Gasteiger partial charge in [-0.3, -0.25) is 0 Å². The summed E-state index contributed by atoms with van der Waals surface area (Å²) in [6.07, 6.45) is 1.78. The number of aryl methyl sites for hydroxylation is 1. The molecule has 14 heavy (non-hydrogen) atoms. The van der Waals surface area contributed by atoms with E-state index in [2.05, 4.69) is 4.98 Å². The molecule has 0 aliphatic carbocycles. The molecule has 0 aliphatic heterocycles. The molecule has 1 heterocycles. The number of fused-ring (bicyclic) bond motifs is 1. The van der Waals surface area contributed by atoms with Gasteiger partial charge in [0.2, 0.25) is 0 Å². The van der Waals surface area contributed by atoms with Crippen LogP contribution in [0.3, 0.4) is 0 Å². The first kappa shape index (κ1) is 9.02. The molecule has 0 bridgehead atoms. The average Bonchev–Trinajstić information content (AvgIpc) is 2.58. The normalized spacial score (nSPS) is 10.7. The number of ether oxygens (including phenoxy) is 1. The zero-order valence-corrected chi connectivity index (χ0v) is 8.10. The Bertz CT molecular complexity index is 436. The minimum atomic E-state index is 0.522. The molecule has 0 amide bonds. The van der Waals surface area contributed by atoms with Crippen LogP contribution in [0.1, 0.15) is 0 Å². The van der Waals surface area contributed by atoms with E-state index in [9.17, 15) is 0 Å². The quantitative estimate of drug-likeness (QED) is 0.784. The van der Waals surface area contributed by atoms with Crippen LogP contribution in [0.15, 0.2) is 24.5 Å². The molecular formula is C10H13N3O. The summed E-state index contributed by atoms with van der Waals surface area (Å²) in [5.41, 5.74) is 7.35. The van der Waals surface area contributed by atoms with Gasteiger partial charge < -0.3 is 15.0 Å². The lowest BCUT2D eigenvalue weighted by atomic mass is 10.3. The van der Waals surface area contributed by atoms with Crippen molar-refractivity contribution in [1.82, 2.24) is 9.55 Å². The highest BCUT2D eigenvalue weighted by atomic mass is 16.5. The second kappa shape index (κ2) is 3.67. The summed E-state index contributed by atoms with van der Waals surface area (Å²) in [4.78, 5) is 4.24. The number of para-hydroxylation sites is 1. The number of rotatable bonds is 3. The molecule has 0 spiro atoms. The SMILES string of the molecule is Cn1cnc2cccc(OCCN)c21. The molecule has 0 fully saturated rings. The van der Waals surface area contributed by atoms with Gasteiger partial charge in [-0.1, -0.05) is 6.07 Å². The Hall–Kier alpha value is -1.55. The van der Waals surface area contributed by atoms with Gasteiger partial charge in [-0.05, 0) is 12.1 Å². The standard InChI is InChI=1S/C10H13N3O/c1-13-7-12-8-3-2-4-9(10(8)13)14-6-5-11/h2-4,7H,5-6,11H2,1H3. The molecular weight excluding hydrogens is 178 g/mol. The van der Waals surface area contributed by atoms with E-state index in [1.807, 2.05) is 29.8 Å². The summed E-state index contributed by atoms with van der Waals surface area (Å²) < 4.78 is 7.47. The van der Waals surface area contributed by atoms with Crippen LogP contribution < -0.4 is 10.5 Å². The van der Waals surface area contributed by atoms with Crippen molar-refractivity contribution in [3.05, 3.63) is 24.5 Å². The van der Waals surface area contributed by atoms with Crippen molar-refractivity contribution in [2.75, 3.05) is 13.2 Å². The van der Waals surface area contributed by atoms with Crippen LogP contribution in [0.5, 0.6) is 5.75 Å². The molecule has 1 aromatic heterocycles. The number of imidazole rings is 1. The lowest BCUT2D eigenvalue weighted by Gasteiger charge is -2.06. The molecule has 74 valence electrons. The lowest BCUT2D eigenvalue weighted by Crippen LogP contribution is -2.11. The molecule has 0 saturated heterocycles. The van der Waals surface area contributed by atoms with Crippen molar-refractivity contribution in [1.29, 1.82) is 0 Å². The summed E-state index contributed by atoms with van der Waals surface area (Å²) >= 11 is 0. The zero-order valence-electron chi connectivity index (χ0n) is 8.10. The van der Waals surface area contributed by atoms with Crippen molar-refractivity contribution >= 4 is 11.0 Å². The maximum atomic E-state index is 5.52. The Kier molecular flexibility index (Phi) is 2.37. The zero-order chi connectivity index (χ0) is 9.97. The van der Waals surface area contributed by atoms with E-state index in [-0.39, 0.29) is 0 Å². The Labute approximate surface area is 82.3 Å². The third-order valence-corrected chi connectivity index (χ3v) is 2.08. The Morgan fingerprint density at radius 2 is 2.36 bits per heavy atom. The van der Waals surface area contributed by atoms with Gasteiger partial charge in [0.25, 0.3) is 0 Å². The van der Waals surface area contributed by atoms with Gasteiger partial charge in [0.15, 0.2) is 0 Å². The summed E-state index contributed by atoms with van der Waals surface area (Å²) in [6, 6.07) is 5.82. The van der Waals surface area contributed by atoms with Gasteiger partial charge in [-0.25, -0.2) is 4.98 Å². The van der Waals surface area contributed by atoms with Gasteiger partial charge >= 0.3 is 0 Å². The minimum absolute atomic E-state index is 0.522. The van der Waals surface area contributed by atoms with E-state index in [4.69, 9.17) is 10.5 Å². The smallest absolute Gasteiger partial charge is 0.145 e. The van der Waals surface area contributed by atoms with E-state index < -0.39 is 0 Å². The highest BCUT2D eigenvalue weighted by Crippen LogP contribution is 2.23. The van der Waals surface area contributed by atoms with Gasteiger partial charge in [0, 0.05) is 13.6 Å². The first-order valence-electron chi connectivity index (χ1n) is 4.56. The van der Waals surface area contributed by atoms with Crippen molar-refractivity contribution in [2.24, 2.45) is 12.8 Å². The summed E-state index contributed by atoms with van der Waals surface area (Å²) in [5.74, 6) is 0.841. The number of aromatic nitrogens is 2. The van der Waals surface area contributed by atoms with Gasteiger partial charge in [0.1, 0.15) is 17.9 Å². The van der Waals surface area contributed by atoms with Crippen LogP contribution in [0, 0.1) is 0 Å². The highest BCUT2D eigenvalue weighted by molar-refractivity contribution is 5.81. The predicted molar refractivity (Wildman–Crippen MR) is 55.3 cm³/mol. The van der Waals surface area contributed by atoms with E-state index in [0.29, 0.717) is 13.2 Å². The van der Waals surface area contributed by atoms with Crippen LogP contribution in [0.25, 0.3) is 11.0 Å². The summed E-state index contributed by atoms with van der Waals surface area (Å²) in [7, 11) is 1.95. The number of nitrogens with two attached hydrogens (primary N) is 1. The lowest BCUT2D eigenvalue weighted by molar-refractivity contribution is 0.331. The van der Waals surface area contributed by atoms with Crippen LogP contribution in [-0.4, -0.2) is 22.7 Å². The number of nitrogens with zero attached hydrogens (tertiary/aromatic N) is 2. The van der Waals surface area contributed by atoms with E-state index in [1.165, 1.54) is 0 Å². The van der Waals surface area contributed by atoms with Gasteiger partial charge in [-0.2, -0.15) is 0 Å². The summed E-state index contributed by atoms with van der Waals surface area (Å²) in [6.45, 7) is 1.05. The molecule has 4 heteroatoms.